The van der Waals surface area contributed by atoms with Crippen molar-refractivity contribution in [3.63, 3.8) is 0 Å². The highest BCUT2D eigenvalue weighted by Crippen LogP contribution is 2.44. The van der Waals surface area contributed by atoms with Crippen molar-refractivity contribution in [1.29, 1.82) is 0 Å². The average molecular weight is 288 g/mol. The van der Waals surface area contributed by atoms with Crippen LogP contribution in [0.5, 0.6) is 0 Å². The molecule has 0 amide bonds. The third-order valence-corrected chi connectivity index (χ3v) is 3.74. The molecule has 3 aliphatic heterocycles. The maximum absolute atomic E-state index is 6.01. The highest BCUT2D eigenvalue weighted by Gasteiger charge is 2.60. The van der Waals surface area contributed by atoms with E-state index in [0.29, 0.717) is 13.2 Å². The van der Waals surface area contributed by atoms with Gasteiger partial charge in [-0.15, -0.1) is 0 Å². The standard InChI is InChI=1S/C14H24O6/c1-6-15-7-8-9-10(18-13(2,3)17-9)11-12(16-8)20-14(4,5)19-11/h8-12H,6-7H2,1-5H3/t8-,9+,10+,11-,12+/m1/s1. The molecule has 0 aromatic carbocycles. The summed E-state index contributed by atoms with van der Waals surface area (Å²) in [6, 6.07) is 0. The maximum atomic E-state index is 6.01. The molecule has 6 nitrogen and oxygen atoms in total. The molecule has 0 aromatic heterocycles. The van der Waals surface area contributed by atoms with Gasteiger partial charge in [0.15, 0.2) is 17.9 Å². The average Bonchev–Trinajstić information content (AvgIpc) is 2.80. The van der Waals surface area contributed by atoms with Gasteiger partial charge in [-0.05, 0) is 34.6 Å². The molecule has 0 bridgehead atoms. The lowest BCUT2D eigenvalue weighted by atomic mass is 9.99. The van der Waals surface area contributed by atoms with Gasteiger partial charge in [0.2, 0.25) is 0 Å². The first-order chi connectivity index (χ1) is 9.31. The topological polar surface area (TPSA) is 55.4 Å². The molecule has 5 atom stereocenters. The second kappa shape index (κ2) is 4.90. The smallest absolute Gasteiger partial charge is 0.190 e. The monoisotopic (exact) mass is 288 g/mol. The minimum Gasteiger partial charge on any atom is -0.379 e. The molecule has 0 aromatic rings. The van der Waals surface area contributed by atoms with Crippen LogP contribution in [0.3, 0.4) is 0 Å². The summed E-state index contributed by atoms with van der Waals surface area (Å²) in [7, 11) is 0. The first kappa shape index (κ1) is 14.7. The Morgan fingerprint density at radius 2 is 1.45 bits per heavy atom. The Kier molecular flexibility index (Phi) is 3.60. The van der Waals surface area contributed by atoms with Gasteiger partial charge in [0.1, 0.15) is 24.4 Å². The predicted molar refractivity (Wildman–Crippen MR) is 69.0 cm³/mol. The number of hydrogen-bond donors (Lipinski definition) is 0. The number of fused-ring (bicyclic) bond motifs is 3. The molecule has 3 rings (SSSR count). The molecule has 3 heterocycles. The van der Waals surface area contributed by atoms with E-state index in [1.165, 1.54) is 0 Å². The van der Waals surface area contributed by atoms with Gasteiger partial charge in [0.05, 0.1) is 6.61 Å². The summed E-state index contributed by atoms with van der Waals surface area (Å²) in [6.45, 7) is 10.6. The van der Waals surface area contributed by atoms with E-state index in [1.54, 1.807) is 0 Å². The number of ether oxygens (including phenoxy) is 6. The molecule has 0 aliphatic carbocycles. The minimum absolute atomic E-state index is 0.198. The van der Waals surface area contributed by atoms with E-state index in [0.717, 1.165) is 0 Å². The zero-order valence-corrected chi connectivity index (χ0v) is 12.8. The van der Waals surface area contributed by atoms with Crippen LogP contribution < -0.4 is 0 Å². The summed E-state index contributed by atoms with van der Waals surface area (Å²) in [4.78, 5) is 0. The molecule has 0 N–H and O–H groups in total. The van der Waals surface area contributed by atoms with Crippen molar-refractivity contribution < 1.29 is 28.4 Å². The highest BCUT2D eigenvalue weighted by atomic mass is 16.9. The number of hydrogen-bond acceptors (Lipinski definition) is 6. The molecular formula is C14H24O6. The van der Waals surface area contributed by atoms with E-state index in [9.17, 15) is 0 Å². The highest BCUT2D eigenvalue weighted by molar-refractivity contribution is 4.99. The summed E-state index contributed by atoms with van der Waals surface area (Å²) in [5.74, 6) is -1.31. The third kappa shape index (κ3) is 2.61. The van der Waals surface area contributed by atoms with Gasteiger partial charge in [0.25, 0.3) is 0 Å². The van der Waals surface area contributed by atoms with Gasteiger partial charge < -0.3 is 28.4 Å². The van der Waals surface area contributed by atoms with Gasteiger partial charge in [0, 0.05) is 6.61 Å². The zero-order valence-electron chi connectivity index (χ0n) is 12.8. The Balaban J connectivity index is 1.80. The van der Waals surface area contributed by atoms with Gasteiger partial charge in [-0.3, -0.25) is 0 Å². The molecule has 116 valence electrons. The van der Waals surface area contributed by atoms with Crippen molar-refractivity contribution >= 4 is 0 Å². The summed E-state index contributed by atoms with van der Waals surface area (Å²) in [5.41, 5.74) is 0. The van der Waals surface area contributed by atoms with Crippen LogP contribution in [0.4, 0.5) is 0 Å². The van der Waals surface area contributed by atoms with Crippen molar-refractivity contribution in [1.82, 2.24) is 0 Å². The molecule has 0 unspecified atom stereocenters. The first-order valence-corrected chi connectivity index (χ1v) is 7.26. The molecule has 3 aliphatic rings. The van der Waals surface area contributed by atoms with Crippen molar-refractivity contribution in [2.24, 2.45) is 0 Å². The van der Waals surface area contributed by atoms with Crippen molar-refractivity contribution in [2.75, 3.05) is 13.2 Å². The Labute approximate surface area is 119 Å². The quantitative estimate of drug-likeness (QED) is 0.783. The Bertz CT molecular complexity index is 369. The van der Waals surface area contributed by atoms with Crippen molar-refractivity contribution in [2.45, 2.75) is 76.9 Å². The van der Waals surface area contributed by atoms with E-state index in [4.69, 9.17) is 28.4 Å². The Morgan fingerprint density at radius 3 is 2.15 bits per heavy atom. The fourth-order valence-electron chi connectivity index (χ4n) is 3.06. The van der Waals surface area contributed by atoms with E-state index in [1.807, 2.05) is 34.6 Å². The maximum Gasteiger partial charge on any atom is 0.190 e. The van der Waals surface area contributed by atoms with Gasteiger partial charge >= 0.3 is 0 Å². The zero-order chi connectivity index (χ0) is 14.5. The van der Waals surface area contributed by atoms with Crippen LogP contribution in [-0.4, -0.2) is 55.5 Å². The van der Waals surface area contributed by atoms with Crippen LogP contribution in [0.2, 0.25) is 0 Å². The van der Waals surface area contributed by atoms with E-state index in [2.05, 4.69) is 0 Å². The van der Waals surface area contributed by atoms with Crippen LogP contribution in [-0.2, 0) is 28.4 Å². The van der Waals surface area contributed by atoms with Crippen LogP contribution in [0.15, 0.2) is 0 Å². The molecule has 0 saturated carbocycles. The summed E-state index contributed by atoms with van der Waals surface area (Å²) in [6.07, 6.45) is -1.31. The van der Waals surface area contributed by atoms with Crippen LogP contribution in [0, 0.1) is 0 Å². The second-order valence-electron chi connectivity index (χ2n) is 6.37. The molecule has 20 heavy (non-hydrogen) atoms. The predicted octanol–water partition coefficient (Wildman–Crippen LogP) is 1.42. The van der Waals surface area contributed by atoms with Gasteiger partial charge in [-0.25, -0.2) is 0 Å². The van der Waals surface area contributed by atoms with Crippen molar-refractivity contribution in [3.05, 3.63) is 0 Å². The lowest BCUT2D eigenvalue weighted by molar-refractivity contribution is -0.242. The first-order valence-electron chi connectivity index (χ1n) is 7.26. The summed E-state index contributed by atoms with van der Waals surface area (Å²) >= 11 is 0. The second-order valence-corrected chi connectivity index (χ2v) is 6.37. The molecular weight excluding hydrogens is 264 g/mol. The van der Waals surface area contributed by atoms with E-state index < -0.39 is 17.9 Å². The van der Waals surface area contributed by atoms with E-state index >= 15 is 0 Å². The van der Waals surface area contributed by atoms with Crippen LogP contribution in [0.1, 0.15) is 34.6 Å². The summed E-state index contributed by atoms with van der Waals surface area (Å²) < 4.78 is 35.2. The molecule has 3 saturated heterocycles. The largest absolute Gasteiger partial charge is 0.379 e. The molecule has 3 fully saturated rings. The lowest BCUT2D eigenvalue weighted by Gasteiger charge is -2.37. The van der Waals surface area contributed by atoms with Crippen LogP contribution >= 0.6 is 0 Å². The summed E-state index contributed by atoms with van der Waals surface area (Å²) in [5, 5.41) is 0. The van der Waals surface area contributed by atoms with Crippen LogP contribution in [0.25, 0.3) is 0 Å². The van der Waals surface area contributed by atoms with E-state index in [-0.39, 0.29) is 24.4 Å². The molecule has 0 radical (unpaired) electrons. The Morgan fingerprint density at radius 1 is 0.850 bits per heavy atom. The van der Waals surface area contributed by atoms with Gasteiger partial charge in [-0.1, -0.05) is 0 Å². The lowest BCUT2D eigenvalue weighted by Crippen LogP contribution is -2.56. The third-order valence-electron chi connectivity index (χ3n) is 3.74. The minimum atomic E-state index is -0.670. The molecule has 6 heteroatoms. The van der Waals surface area contributed by atoms with Gasteiger partial charge in [-0.2, -0.15) is 0 Å². The fraction of sp³-hybridized carbons (Fsp3) is 1.00. The normalized spacial score (nSPS) is 45.1. The number of rotatable bonds is 3. The van der Waals surface area contributed by atoms with Crippen molar-refractivity contribution in [3.8, 4) is 0 Å². The molecule has 0 spiro atoms. The SMILES string of the molecule is CCOC[C@H]1O[C@H]2OC(C)(C)O[C@@H]2[C@H]2OC(C)(C)O[C@H]21. The fourth-order valence-corrected chi connectivity index (χ4v) is 3.06. The Hall–Kier alpha value is -0.240.